The molecule has 1 fully saturated rings. The Bertz CT molecular complexity index is 1380. The summed E-state index contributed by atoms with van der Waals surface area (Å²) in [4.78, 5) is 30.7. The maximum atomic E-state index is 13.3. The molecule has 0 aliphatic heterocycles. The van der Waals surface area contributed by atoms with E-state index in [4.69, 9.17) is 0 Å². The van der Waals surface area contributed by atoms with Crippen LogP contribution in [0.5, 0.6) is 0 Å². The van der Waals surface area contributed by atoms with Crippen molar-refractivity contribution in [2.24, 2.45) is 14.1 Å². The van der Waals surface area contributed by atoms with Gasteiger partial charge in [0, 0.05) is 24.8 Å². The predicted octanol–water partition coefficient (Wildman–Crippen LogP) is 2.02. The molecule has 0 radical (unpaired) electrons. The maximum absolute atomic E-state index is 13.3. The van der Waals surface area contributed by atoms with Crippen molar-refractivity contribution in [2.45, 2.75) is 38.0 Å². The number of hydrogen-bond acceptors (Lipinski definition) is 6. The highest BCUT2D eigenvalue weighted by atomic mass is 32.1. The number of imidazole rings is 1. The number of aromatic nitrogens is 4. The number of nitrogens with zero attached hydrogens (tertiary/aromatic N) is 4. The molecular formula is C21H23N5O3S. The quantitative estimate of drug-likeness (QED) is 0.522. The summed E-state index contributed by atoms with van der Waals surface area (Å²) in [6.45, 7) is 0.204. The first-order chi connectivity index (χ1) is 14.4. The first-order valence-corrected chi connectivity index (χ1v) is 10.9. The zero-order valence-corrected chi connectivity index (χ0v) is 17.6. The van der Waals surface area contributed by atoms with Crippen LogP contribution in [0.4, 0.5) is 5.95 Å². The monoisotopic (exact) mass is 425 g/mol. The van der Waals surface area contributed by atoms with Crippen molar-refractivity contribution in [3.05, 3.63) is 56.0 Å². The van der Waals surface area contributed by atoms with Gasteiger partial charge in [-0.2, -0.15) is 4.98 Å². The fourth-order valence-electron chi connectivity index (χ4n) is 4.28. The van der Waals surface area contributed by atoms with E-state index in [0.717, 1.165) is 23.8 Å². The molecule has 2 N–H and O–H groups in total. The summed E-state index contributed by atoms with van der Waals surface area (Å²) >= 11 is 1.66. The predicted molar refractivity (Wildman–Crippen MR) is 118 cm³/mol. The third kappa shape index (κ3) is 3.05. The maximum Gasteiger partial charge on any atom is 0.332 e. The molecule has 1 aliphatic rings. The van der Waals surface area contributed by atoms with Crippen LogP contribution in [0.2, 0.25) is 0 Å². The van der Waals surface area contributed by atoms with Gasteiger partial charge in [-0.15, -0.1) is 11.3 Å². The van der Waals surface area contributed by atoms with Crippen LogP contribution in [0.25, 0.3) is 21.3 Å². The minimum absolute atomic E-state index is 0.104. The van der Waals surface area contributed by atoms with Crippen LogP contribution in [-0.4, -0.2) is 35.9 Å². The Morgan fingerprint density at radius 2 is 2.03 bits per heavy atom. The number of anilines is 1. The summed E-state index contributed by atoms with van der Waals surface area (Å²) in [6, 6.07) is 8.13. The second kappa shape index (κ2) is 7.10. The number of aryl methyl sites for hydroxylation is 2. The van der Waals surface area contributed by atoms with Gasteiger partial charge >= 0.3 is 5.69 Å². The number of nitrogens with one attached hydrogen (secondary N) is 1. The lowest BCUT2D eigenvalue weighted by Gasteiger charge is -2.12. The van der Waals surface area contributed by atoms with E-state index in [1.165, 1.54) is 13.8 Å². The van der Waals surface area contributed by atoms with Crippen LogP contribution >= 0.6 is 11.3 Å². The average molecular weight is 426 g/mol. The number of hydrogen-bond donors (Lipinski definition) is 2. The Morgan fingerprint density at radius 1 is 1.20 bits per heavy atom. The van der Waals surface area contributed by atoms with Crippen LogP contribution in [0.3, 0.4) is 0 Å². The molecule has 3 heterocycles. The number of aliphatic hydroxyl groups is 1. The Balaban J connectivity index is 1.58. The molecule has 0 saturated heterocycles. The molecule has 156 valence electrons. The Hall–Kier alpha value is -2.91. The number of rotatable bonds is 4. The topological polar surface area (TPSA) is 94.1 Å². The lowest BCUT2D eigenvalue weighted by atomic mass is 10.1. The average Bonchev–Trinajstić information content (AvgIpc) is 3.43. The van der Waals surface area contributed by atoms with Gasteiger partial charge in [0.1, 0.15) is 0 Å². The van der Waals surface area contributed by atoms with Gasteiger partial charge in [-0.25, -0.2) is 4.79 Å². The van der Waals surface area contributed by atoms with E-state index < -0.39 is 0 Å². The molecule has 3 aromatic heterocycles. The highest BCUT2D eigenvalue weighted by Gasteiger charge is 2.25. The lowest BCUT2D eigenvalue weighted by molar-refractivity contribution is 0.182. The fourth-order valence-corrected chi connectivity index (χ4v) is 5.05. The molecule has 9 heteroatoms. The molecule has 2 unspecified atom stereocenters. The van der Waals surface area contributed by atoms with Crippen LogP contribution in [0.1, 0.15) is 24.8 Å². The van der Waals surface area contributed by atoms with Gasteiger partial charge in [-0.1, -0.05) is 6.07 Å². The van der Waals surface area contributed by atoms with E-state index in [1.807, 2.05) is 29.6 Å². The molecule has 5 rings (SSSR count). The molecular weight excluding hydrogens is 402 g/mol. The molecule has 0 spiro atoms. The number of aliphatic hydroxyl groups excluding tert-OH is 1. The van der Waals surface area contributed by atoms with Gasteiger partial charge in [0.25, 0.3) is 5.56 Å². The summed E-state index contributed by atoms with van der Waals surface area (Å²) in [7, 11) is 3.41. The van der Waals surface area contributed by atoms with E-state index in [9.17, 15) is 14.7 Å². The normalized spacial score (nSPS) is 19.2. The molecule has 30 heavy (non-hydrogen) atoms. The van der Waals surface area contributed by atoms with Crippen molar-refractivity contribution in [3.8, 4) is 0 Å². The molecule has 8 nitrogen and oxygen atoms in total. The van der Waals surface area contributed by atoms with Crippen molar-refractivity contribution in [1.82, 2.24) is 18.7 Å². The Morgan fingerprint density at radius 3 is 2.80 bits per heavy atom. The molecule has 1 aromatic carbocycles. The molecule has 0 bridgehead atoms. The summed E-state index contributed by atoms with van der Waals surface area (Å²) in [5.74, 6) is 0.536. The molecule has 2 atom stereocenters. The van der Waals surface area contributed by atoms with Gasteiger partial charge < -0.3 is 15.0 Å². The highest BCUT2D eigenvalue weighted by Crippen LogP contribution is 2.24. The highest BCUT2D eigenvalue weighted by molar-refractivity contribution is 7.17. The van der Waals surface area contributed by atoms with E-state index in [2.05, 4.69) is 10.3 Å². The Labute approximate surface area is 176 Å². The van der Waals surface area contributed by atoms with Crippen LogP contribution in [-0.2, 0) is 20.6 Å². The first kappa shape index (κ1) is 19.1. The first-order valence-electron chi connectivity index (χ1n) is 9.99. The summed E-state index contributed by atoms with van der Waals surface area (Å²) in [6.07, 6.45) is 1.94. The lowest BCUT2D eigenvalue weighted by Crippen LogP contribution is -2.39. The van der Waals surface area contributed by atoms with Crippen molar-refractivity contribution < 1.29 is 5.11 Å². The van der Waals surface area contributed by atoms with Gasteiger partial charge in [0.05, 0.1) is 12.6 Å². The number of fused-ring (bicyclic) bond motifs is 2. The van der Waals surface area contributed by atoms with Crippen molar-refractivity contribution in [3.63, 3.8) is 0 Å². The Kier molecular flexibility index (Phi) is 4.52. The smallest absolute Gasteiger partial charge is 0.332 e. The second-order valence-electron chi connectivity index (χ2n) is 8.00. The third-order valence-corrected chi connectivity index (χ3v) is 6.85. The van der Waals surface area contributed by atoms with E-state index >= 15 is 0 Å². The van der Waals surface area contributed by atoms with Crippen molar-refractivity contribution in [1.29, 1.82) is 0 Å². The number of benzene rings is 1. The molecule has 0 amide bonds. The summed E-state index contributed by atoms with van der Waals surface area (Å²) in [5.41, 5.74) is 0.902. The van der Waals surface area contributed by atoms with Gasteiger partial charge in [-0.05, 0) is 53.8 Å². The zero-order valence-electron chi connectivity index (χ0n) is 16.8. The van der Waals surface area contributed by atoms with Gasteiger partial charge in [-0.3, -0.25) is 13.9 Å². The fraction of sp³-hybridized carbons (Fsp3) is 0.381. The van der Waals surface area contributed by atoms with Crippen molar-refractivity contribution >= 4 is 38.5 Å². The molecule has 4 aromatic rings. The molecule has 1 saturated carbocycles. The SMILES string of the molecule is Cn1c(NC2CCC(O)C2)nc2c1c(=O)n(Cc1ccc3sccc3c1)c(=O)n2C. The summed E-state index contributed by atoms with van der Waals surface area (Å²) < 4.78 is 5.57. The third-order valence-electron chi connectivity index (χ3n) is 5.96. The van der Waals surface area contributed by atoms with E-state index in [1.54, 1.807) is 30.0 Å². The van der Waals surface area contributed by atoms with Gasteiger partial charge in [0.2, 0.25) is 5.95 Å². The van der Waals surface area contributed by atoms with E-state index in [-0.39, 0.29) is 29.9 Å². The largest absolute Gasteiger partial charge is 0.393 e. The minimum Gasteiger partial charge on any atom is -0.393 e. The van der Waals surface area contributed by atoms with Gasteiger partial charge in [0.15, 0.2) is 11.2 Å². The van der Waals surface area contributed by atoms with Crippen molar-refractivity contribution in [2.75, 3.05) is 5.32 Å². The zero-order chi connectivity index (χ0) is 21.0. The minimum atomic E-state index is -0.390. The number of thiophene rings is 1. The van der Waals surface area contributed by atoms with Crippen LogP contribution in [0.15, 0.2) is 39.2 Å². The summed E-state index contributed by atoms with van der Waals surface area (Å²) in [5, 5.41) is 16.2. The second-order valence-corrected chi connectivity index (χ2v) is 8.95. The van der Waals surface area contributed by atoms with Crippen LogP contribution < -0.4 is 16.6 Å². The van der Waals surface area contributed by atoms with Crippen LogP contribution in [0, 0.1) is 0 Å². The standard InChI is InChI=1S/C21H23N5O3S/c1-24-17-18(23-20(24)22-14-4-5-15(27)10-14)25(2)21(29)26(19(17)28)11-12-3-6-16-13(9-12)7-8-30-16/h3,6-9,14-15,27H,4-5,10-11H2,1-2H3,(H,22,23). The molecule has 1 aliphatic carbocycles. The van der Waals surface area contributed by atoms with E-state index in [0.29, 0.717) is 23.5 Å².